The monoisotopic (exact) mass is 273 g/mol. The number of ether oxygens (including phenoxy) is 1. The largest absolute Gasteiger partial charge is 0.384 e. The van der Waals surface area contributed by atoms with Crippen molar-refractivity contribution >= 4 is 10.0 Å². The van der Waals surface area contributed by atoms with E-state index in [9.17, 15) is 8.42 Å². The second-order valence-electron chi connectivity index (χ2n) is 4.74. The van der Waals surface area contributed by atoms with Gasteiger partial charge in [0.15, 0.2) is 0 Å². The minimum atomic E-state index is -3.42. The molecule has 0 amide bonds. The average Bonchev–Trinajstić information content (AvgIpc) is 2.87. The van der Waals surface area contributed by atoms with Crippen molar-refractivity contribution < 1.29 is 13.2 Å². The molecule has 1 atom stereocenters. The highest BCUT2D eigenvalue weighted by atomic mass is 32.2. The Hall–Kier alpha value is -0.920. The van der Waals surface area contributed by atoms with E-state index in [1.54, 1.807) is 21.0 Å². The lowest BCUT2D eigenvalue weighted by molar-refractivity contribution is 0.157. The van der Waals surface area contributed by atoms with Crippen LogP contribution in [-0.4, -0.2) is 49.7 Å². The van der Waals surface area contributed by atoms with Gasteiger partial charge in [0, 0.05) is 20.2 Å². The van der Waals surface area contributed by atoms with Gasteiger partial charge in [0.05, 0.1) is 18.0 Å². The Morgan fingerprint density at radius 1 is 1.50 bits per heavy atom. The van der Waals surface area contributed by atoms with Gasteiger partial charge in [-0.1, -0.05) is 0 Å². The van der Waals surface area contributed by atoms with Gasteiger partial charge in [0.25, 0.3) is 0 Å². The van der Waals surface area contributed by atoms with E-state index in [4.69, 9.17) is 4.74 Å². The van der Waals surface area contributed by atoms with Crippen molar-refractivity contribution in [2.75, 3.05) is 26.8 Å². The van der Waals surface area contributed by atoms with Crippen LogP contribution in [0, 0.1) is 19.8 Å². The number of methoxy groups -OCH3 is 1. The molecule has 1 aliphatic rings. The van der Waals surface area contributed by atoms with Crippen LogP contribution in [0.15, 0.2) is 4.90 Å². The van der Waals surface area contributed by atoms with Crippen LogP contribution in [0.25, 0.3) is 0 Å². The summed E-state index contributed by atoms with van der Waals surface area (Å²) in [5, 5.41) is 6.68. The molecule has 7 heteroatoms. The lowest BCUT2D eigenvalue weighted by Gasteiger charge is -2.16. The zero-order valence-electron chi connectivity index (χ0n) is 10.9. The first-order valence-corrected chi connectivity index (χ1v) is 7.41. The van der Waals surface area contributed by atoms with Gasteiger partial charge in [-0.05, 0) is 26.2 Å². The highest BCUT2D eigenvalue weighted by Crippen LogP contribution is 2.27. The summed E-state index contributed by atoms with van der Waals surface area (Å²) in [4.78, 5) is 0.320. The summed E-state index contributed by atoms with van der Waals surface area (Å²) in [6.07, 6.45) is 0.850. The molecular formula is C11H19N3O3S. The zero-order valence-corrected chi connectivity index (χ0v) is 11.7. The molecule has 2 rings (SSSR count). The molecule has 1 aromatic heterocycles. The second kappa shape index (κ2) is 4.99. The van der Waals surface area contributed by atoms with Crippen LogP contribution in [0.5, 0.6) is 0 Å². The lowest BCUT2D eigenvalue weighted by Crippen LogP contribution is -2.30. The van der Waals surface area contributed by atoms with Crippen LogP contribution in [0.2, 0.25) is 0 Å². The molecular weight excluding hydrogens is 254 g/mol. The van der Waals surface area contributed by atoms with Gasteiger partial charge in [0.1, 0.15) is 4.90 Å². The Bertz CT molecular complexity index is 504. The molecule has 6 nitrogen and oxygen atoms in total. The van der Waals surface area contributed by atoms with Crippen LogP contribution in [0.1, 0.15) is 17.8 Å². The summed E-state index contributed by atoms with van der Waals surface area (Å²) in [6, 6.07) is 0. The molecule has 1 saturated heterocycles. The third-order valence-corrected chi connectivity index (χ3v) is 5.44. The van der Waals surface area contributed by atoms with Crippen LogP contribution in [-0.2, 0) is 14.8 Å². The number of rotatable bonds is 4. The summed E-state index contributed by atoms with van der Waals surface area (Å²) in [5.41, 5.74) is 1.13. The number of aromatic amines is 1. The predicted molar refractivity (Wildman–Crippen MR) is 66.8 cm³/mol. The van der Waals surface area contributed by atoms with Crippen LogP contribution in [0.3, 0.4) is 0 Å². The fraction of sp³-hybridized carbons (Fsp3) is 0.727. The van der Waals surface area contributed by atoms with Gasteiger partial charge in [-0.3, -0.25) is 5.10 Å². The molecule has 1 unspecified atom stereocenters. The fourth-order valence-electron chi connectivity index (χ4n) is 2.44. The van der Waals surface area contributed by atoms with Crippen molar-refractivity contribution in [1.82, 2.24) is 14.5 Å². The average molecular weight is 273 g/mol. The van der Waals surface area contributed by atoms with Crippen molar-refractivity contribution in [1.29, 1.82) is 0 Å². The number of aryl methyl sites for hydroxylation is 2. The highest BCUT2D eigenvalue weighted by molar-refractivity contribution is 7.89. The van der Waals surface area contributed by atoms with Crippen molar-refractivity contribution in [2.24, 2.45) is 5.92 Å². The Morgan fingerprint density at radius 2 is 2.22 bits per heavy atom. The zero-order chi connectivity index (χ0) is 13.3. The van der Waals surface area contributed by atoms with E-state index in [0.29, 0.717) is 36.0 Å². The lowest BCUT2D eigenvalue weighted by atomic mass is 10.1. The molecule has 0 radical (unpaired) electrons. The summed E-state index contributed by atoms with van der Waals surface area (Å²) >= 11 is 0. The van der Waals surface area contributed by atoms with Crippen molar-refractivity contribution in [3.05, 3.63) is 11.4 Å². The Kier molecular flexibility index (Phi) is 3.74. The molecule has 1 N–H and O–H groups in total. The second-order valence-corrected chi connectivity index (χ2v) is 6.61. The number of aromatic nitrogens is 2. The molecule has 102 valence electrons. The number of nitrogens with zero attached hydrogens (tertiary/aromatic N) is 2. The summed E-state index contributed by atoms with van der Waals surface area (Å²) in [5.74, 6) is 0.289. The predicted octanol–water partition coefficient (Wildman–Crippen LogP) is 0.684. The number of H-pyrrole nitrogens is 1. The van der Waals surface area contributed by atoms with Crippen molar-refractivity contribution in [2.45, 2.75) is 25.2 Å². The first kappa shape index (κ1) is 13.5. The normalized spacial score (nSPS) is 21.6. The maximum absolute atomic E-state index is 12.5. The SMILES string of the molecule is COCC1CCN(S(=O)(=O)c2c(C)n[nH]c2C)C1. The van der Waals surface area contributed by atoms with E-state index in [2.05, 4.69) is 10.2 Å². The Labute approximate surface area is 107 Å². The number of hydrogen-bond acceptors (Lipinski definition) is 4. The summed E-state index contributed by atoms with van der Waals surface area (Å²) < 4.78 is 31.6. The first-order chi connectivity index (χ1) is 8.46. The standard InChI is InChI=1S/C11H19N3O3S/c1-8-11(9(2)13-12-8)18(15,16)14-5-4-10(6-14)7-17-3/h10H,4-7H2,1-3H3,(H,12,13). The quantitative estimate of drug-likeness (QED) is 0.875. The fourth-order valence-corrected chi connectivity index (χ4v) is 4.30. The third-order valence-electron chi connectivity index (χ3n) is 3.31. The molecule has 0 spiro atoms. The number of sulfonamides is 1. The molecule has 1 aliphatic heterocycles. The van der Waals surface area contributed by atoms with Gasteiger partial charge >= 0.3 is 0 Å². The molecule has 0 bridgehead atoms. The maximum Gasteiger partial charge on any atom is 0.246 e. The van der Waals surface area contributed by atoms with Gasteiger partial charge in [0.2, 0.25) is 10.0 Å². The van der Waals surface area contributed by atoms with E-state index >= 15 is 0 Å². The van der Waals surface area contributed by atoms with Crippen LogP contribution >= 0.6 is 0 Å². The summed E-state index contributed by atoms with van der Waals surface area (Å²) in [6.45, 7) is 5.13. The number of nitrogens with one attached hydrogen (secondary N) is 1. The molecule has 0 aliphatic carbocycles. The topological polar surface area (TPSA) is 75.3 Å². The minimum absolute atomic E-state index is 0.289. The molecule has 1 fully saturated rings. The van der Waals surface area contributed by atoms with E-state index in [0.717, 1.165) is 6.42 Å². The maximum atomic E-state index is 12.5. The van der Waals surface area contributed by atoms with E-state index in [1.165, 1.54) is 4.31 Å². The van der Waals surface area contributed by atoms with Gasteiger partial charge in [-0.25, -0.2) is 8.42 Å². The Morgan fingerprint density at radius 3 is 2.78 bits per heavy atom. The van der Waals surface area contributed by atoms with E-state index in [1.807, 2.05) is 0 Å². The van der Waals surface area contributed by atoms with Gasteiger partial charge in [-0.2, -0.15) is 9.40 Å². The van der Waals surface area contributed by atoms with Gasteiger partial charge in [-0.15, -0.1) is 0 Å². The van der Waals surface area contributed by atoms with E-state index in [-0.39, 0.29) is 5.92 Å². The van der Waals surface area contributed by atoms with Gasteiger partial charge < -0.3 is 4.74 Å². The molecule has 0 saturated carbocycles. The highest BCUT2D eigenvalue weighted by Gasteiger charge is 2.35. The first-order valence-electron chi connectivity index (χ1n) is 5.97. The van der Waals surface area contributed by atoms with Crippen LogP contribution < -0.4 is 0 Å². The molecule has 2 heterocycles. The van der Waals surface area contributed by atoms with Crippen molar-refractivity contribution in [3.63, 3.8) is 0 Å². The molecule has 18 heavy (non-hydrogen) atoms. The van der Waals surface area contributed by atoms with Crippen LogP contribution in [0.4, 0.5) is 0 Å². The molecule has 1 aromatic rings. The smallest absolute Gasteiger partial charge is 0.246 e. The third kappa shape index (κ3) is 2.30. The Balaban J connectivity index is 2.23. The minimum Gasteiger partial charge on any atom is -0.384 e. The van der Waals surface area contributed by atoms with Crippen molar-refractivity contribution in [3.8, 4) is 0 Å². The number of hydrogen-bond donors (Lipinski definition) is 1. The summed E-state index contributed by atoms with van der Waals surface area (Å²) in [7, 11) is -1.78. The van der Waals surface area contributed by atoms with E-state index < -0.39 is 10.0 Å². The molecule has 0 aromatic carbocycles.